The van der Waals surface area contributed by atoms with E-state index < -0.39 is 6.10 Å². The van der Waals surface area contributed by atoms with E-state index in [1.54, 1.807) is 19.1 Å². The van der Waals surface area contributed by atoms with Crippen molar-refractivity contribution in [2.45, 2.75) is 33.8 Å². The van der Waals surface area contributed by atoms with E-state index in [1.165, 1.54) is 7.11 Å². The molecule has 0 heterocycles. The van der Waals surface area contributed by atoms with Crippen molar-refractivity contribution in [2.75, 3.05) is 12.4 Å². The summed E-state index contributed by atoms with van der Waals surface area (Å²) >= 11 is 6.09. The van der Waals surface area contributed by atoms with Gasteiger partial charge in [0.2, 0.25) is 0 Å². The summed E-state index contributed by atoms with van der Waals surface area (Å²) in [6.45, 7) is 7.56. The summed E-state index contributed by atoms with van der Waals surface area (Å²) in [4.78, 5) is 12.5. The molecule has 24 heavy (non-hydrogen) atoms. The number of hydrogen-bond acceptors (Lipinski definition) is 3. The van der Waals surface area contributed by atoms with Crippen molar-refractivity contribution in [1.82, 2.24) is 0 Å². The van der Waals surface area contributed by atoms with E-state index in [4.69, 9.17) is 21.1 Å². The number of ether oxygens (including phenoxy) is 2. The minimum atomic E-state index is -0.647. The normalized spacial score (nSPS) is 11.8. The molecule has 1 N–H and O–H groups in total. The summed E-state index contributed by atoms with van der Waals surface area (Å²) in [6, 6.07) is 9.24. The fourth-order valence-corrected chi connectivity index (χ4v) is 2.41. The molecule has 128 valence electrons. The predicted molar refractivity (Wildman–Crippen MR) is 97.4 cm³/mol. The van der Waals surface area contributed by atoms with Crippen LogP contribution in [0.15, 0.2) is 30.3 Å². The summed E-state index contributed by atoms with van der Waals surface area (Å²) in [5.74, 6) is 0.964. The van der Waals surface area contributed by atoms with Gasteiger partial charge in [-0.05, 0) is 56.5 Å². The molecule has 0 aliphatic carbocycles. The van der Waals surface area contributed by atoms with Crippen molar-refractivity contribution in [3.63, 3.8) is 0 Å². The second kappa shape index (κ2) is 7.58. The van der Waals surface area contributed by atoms with E-state index in [0.29, 0.717) is 22.2 Å². The first-order valence-electron chi connectivity index (χ1n) is 7.71. The van der Waals surface area contributed by atoms with Crippen molar-refractivity contribution < 1.29 is 14.3 Å². The molecule has 2 aromatic rings. The molecule has 0 fully saturated rings. The lowest BCUT2D eigenvalue weighted by molar-refractivity contribution is -0.122. The Morgan fingerprint density at radius 2 is 1.83 bits per heavy atom. The number of rotatable bonds is 5. The van der Waals surface area contributed by atoms with E-state index in [2.05, 4.69) is 5.32 Å². The van der Waals surface area contributed by atoms with Crippen LogP contribution in [0.2, 0.25) is 5.02 Å². The number of nitrogens with one attached hydrogen (secondary N) is 1. The number of aryl methyl sites for hydroxylation is 2. The van der Waals surface area contributed by atoms with E-state index >= 15 is 0 Å². The molecule has 0 saturated heterocycles. The molecule has 0 aliphatic heterocycles. The van der Waals surface area contributed by atoms with Crippen LogP contribution in [0.1, 0.15) is 23.6 Å². The topological polar surface area (TPSA) is 47.6 Å². The number of benzene rings is 2. The Bertz CT molecular complexity index is 759. The number of carbonyl (C=O) groups is 1. The number of hydrogen-bond donors (Lipinski definition) is 1. The van der Waals surface area contributed by atoms with Crippen LogP contribution in [-0.2, 0) is 4.79 Å². The minimum Gasteiger partial charge on any atom is -0.495 e. The highest BCUT2D eigenvalue weighted by molar-refractivity contribution is 6.31. The van der Waals surface area contributed by atoms with Gasteiger partial charge in [-0.2, -0.15) is 0 Å². The van der Waals surface area contributed by atoms with Crippen LogP contribution in [-0.4, -0.2) is 19.1 Å². The molecule has 0 radical (unpaired) electrons. The summed E-state index contributed by atoms with van der Waals surface area (Å²) in [6.07, 6.45) is -0.647. The molecule has 0 bridgehead atoms. The molecule has 2 rings (SSSR count). The molecule has 1 unspecified atom stereocenters. The zero-order valence-electron chi connectivity index (χ0n) is 14.6. The predicted octanol–water partition coefficient (Wildman–Crippen LogP) is 4.68. The Morgan fingerprint density at radius 3 is 2.50 bits per heavy atom. The average Bonchev–Trinajstić information content (AvgIpc) is 2.54. The van der Waals surface area contributed by atoms with Crippen molar-refractivity contribution in [2.24, 2.45) is 0 Å². The largest absolute Gasteiger partial charge is 0.495 e. The van der Waals surface area contributed by atoms with Gasteiger partial charge >= 0.3 is 0 Å². The van der Waals surface area contributed by atoms with E-state index in [-0.39, 0.29) is 5.91 Å². The van der Waals surface area contributed by atoms with E-state index in [9.17, 15) is 4.79 Å². The molecule has 5 heteroatoms. The lowest BCUT2D eigenvalue weighted by Gasteiger charge is -2.18. The van der Waals surface area contributed by atoms with E-state index in [1.807, 2.05) is 39.0 Å². The Balaban J connectivity index is 2.15. The lowest BCUT2D eigenvalue weighted by atomic mass is 10.1. The molecule has 0 aromatic heterocycles. The van der Waals surface area contributed by atoms with Crippen LogP contribution < -0.4 is 14.8 Å². The number of amides is 1. The second-order valence-corrected chi connectivity index (χ2v) is 6.16. The van der Waals surface area contributed by atoms with Gasteiger partial charge in [-0.1, -0.05) is 23.7 Å². The van der Waals surface area contributed by atoms with Gasteiger partial charge in [-0.15, -0.1) is 0 Å². The lowest BCUT2D eigenvalue weighted by Crippen LogP contribution is -2.30. The summed E-state index contributed by atoms with van der Waals surface area (Å²) in [7, 11) is 1.53. The fourth-order valence-electron chi connectivity index (χ4n) is 2.26. The molecular formula is C19H22ClNO3. The number of anilines is 1. The monoisotopic (exact) mass is 347 g/mol. The smallest absolute Gasteiger partial charge is 0.265 e. The van der Waals surface area contributed by atoms with Gasteiger partial charge in [0, 0.05) is 11.1 Å². The van der Waals surface area contributed by atoms with Crippen molar-refractivity contribution in [1.29, 1.82) is 0 Å². The molecule has 4 nitrogen and oxygen atoms in total. The van der Waals surface area contributed by atoms with Crippen LogP contribution in [0.4, 0.5) is 5.69 Å². The Labute approximate surface area is 147 Å². The van der Waals surface area contributed by atoms with Crippen LogP contribution in [0.25, 0.3) is 0 Å². The molecule has 0 aliphatic rings. The summed E-state index contributed by atoms with van der Waals surface area (Å²) in [5, 5.41) is 3.42. The molecule has 1 amide bonds. The third kappa shape index (κ3) is 4.01. The van der Waals surface area contributed by atoms with Crippen LogP contribution in [0, 0.1) is 20.8 Å². The summed E-state index contributed by atoms with van der Waals surface area (Å²) < 4.78 is 11.1. The Morgan fingerprint density at radius 1 is 1.12 bits per heavy atom. The number of carbonyl (C=O) groups excluding carboxylic acids is 1. The Kier molecular flexibility index (Phi) is 5.73. The van der Waals surface area contributed by atoms with Gasteiger partial charge < -0.3 is 14.8 Å². The van der Waals surface area contributed by atoms with Gasteiger partial charge in [0.15, 0.2) is 6.10 Å². The molecule has 0 spiro atoms. The van der Waals surface area contributed by atoms with Crippen LogP contribution in [0.5, 0.6) is 11.5 Å². The molecular weight excluding hydrogens is 326 g/mol. The summed E-state index contributed by atoms with van der Waals surface area (Å²) in [5.41, 5.74) is 3.57. The van der Waals surface area contributed by atoms with Crippen molar-refractivity contribution >= 4 is 23.2 Å². The molecule has 1 atom stereocenters. The number of halogens is 1. The maximum absolute atomic E-state index is 12.5. The van der Waals surface area contributed by atoms with Gasteiger partial charge in [0.1, 0.15) is 11.5 Å². The highest BCUT2D eigenvalue weighted by atomic mass is 35.5. The maximum Gasteiger partial charge on any atom is 0.265 e. The van der Waals surface area contributed by atoms with Gasteiger partial charge in [0.05, 0.1) is 12.8 Å². The first-order valence-corrected chi connectivity index (χ1v) is 8.09. The standard InChI is InChI=1S/C19H22ClNO3/c1-11-7-6-8-17(13(11)3)24-14(4)19(22)21-16-9-12(2)15(20)10-18(16)23-5/h6-10,14H,1-5H3,(H,21,22). The first-order chi connectivity index (χ1) is 11.3. The fraction of sp³-hybridized carbons (Fsp3) is 0.316. The first kappa shape index (κ1) is 18.1. The van der Waals surface area contributed by atoms with Crippen molar-refractivity contribution in [3.8, 4) is 11.5 Å². The Hall–Kier alpha value is -2.20. The quantitative estimate of drug-likeness (QED) is 0.854. The zero-order chi connectivity index (χ0) is 17.9. The number of methoxy groups -OCH3 is 1. The highest BCUT2D eigenvalue weighted by Crippen LogP contribution is 2.31. The van der Waals surface area contributed by atoms with Gasteiger partial charge in [-0.25, -0.2) is 0 Å². The third-order valence-electron chi connectivity index (χ3n) is 3.97. The minimum absolute atomic E-state index is 0.254. The third-order valence-corrected chi connectivity index (χ3v) is 4.37. The van der Waals surface area contributed by atoms with Crippen molar-refractivity contribution in [3.05, 3.63) is 52.0 Å². The molecule has 2 aromatic carbocycles. The van der Waals surface area contributed by atoms with Crippen LogP contribution >= 0.6 is 11.6 Å². The zero-order valence-corrected chi connectivity index (χ0v) is 15.3. The van der Waals surface area contributed by atoms with Crippen LogP contribution in [0.3, 0.4) is 0 Å². The SMILES string of the molecule is COc1cc(Cl)c(C)cc1NC(=O)C(C)Oc1cccc(C)c1C. The second-order valence-electron chi connectivity index (χ2n) is 5.75. The van der Waals surface area contributed by atoms with Gasteiger partial charge in [-0.3, -0.25) is 4.79 Å². The highest BCUT2D eigenvalue weighted by Gasteiger charge is 2.18. The molecule has 0 saturated carbocycles. The van der Waals surface area contributed by atoms with Gasteiger partial charge in [0.25, 0.3) is 5.91 Å². The average molecular weight is 348 g/mol. The van der Waals surface area contributed by atoms with E-state index in [0.717, 1.165) is 16.7 Å². The maximum atomic E-state index is 12.5.